The molecule has 0 aliphatic carbocycles. The Morgan fingerprint density at radius 3 is 2.79 bits per heavy atom. The van der Waals surface area contributed by atoms with Gasteiger partial charge in [0.25, 0.3) is 0 Å². The van der Waals surface area contributed by atoms with Crippen molar-refractivity contribution in [3.8, 4) is 0 Å². The van der Waals surface area contributed by atoms with Gasteiger partial charge < -0.3 is 5.43 Å². The van der Waals surface area contributed by atoms with Gasteiger partial charge in [0.2, 0.25) is 0 Å². The third-order valence-corrected chi connectivity index (χ3v) is 3.34. The molecule has 0 aromatic carbocycles. The van der Waals surface area contributed by atoms with Gasteiger partial charge in [-0.2, -0.15) is 5.10 Å². The third kappa shape index (κ3) is 2.68. The summed E-state index contributed by atoms with van der Waals surface area (Å²) in [5.74, 6) is 0. The summed E-state index contributed by atoms with van der Waals surface area (Å²) in [5, 5.41) is 8.24. The normalized spacial score (nSPS) is 10.9. The molecule has 72 valence electrons. The molecule has 0 saturated heterocycles. The molecule has 0 aliphatic heterocycles. The summed E-state index contributed by atoms with van der Waals surface area (Å²) in [7, 11) is 0. The summed E-state index contributed by atoms with van der Waals surface area (Å²) < 4.78 is 0. The van der Waals surface area contributed by atoms with Gasteiger partial charge in [-0.15, -0.1) is 22.7 Å². The van der Waals surface area contributed by atoms with E-state index in [1.807, 2.05) is 29.8 Å². The topological polar surface area (TPSA) is 24.4 Å². The van der Waals surface area contributed by atoms with Crippen LogP contribution in [0.15, 0.2) is 40.1 Å². The van der Waals surface area contributed by atoms with Crippen LogP contribution in [0.5, 0.6) is 0 Å². The highest BCUT2D eigenvalue weighted by atomic mass is 32.1. The first-order chi connectivity index (χ1) is 6.95. The van der Waals surface area contributed by atoms with E-state index in [0.717, 1.165) is 6.54 Å². The Morgan fingerprint density at radius 2 is 2.07 bits per heavy atom. The van der Waals surface area contributed by atoms with Crippen molar-refractivity contribution in [3.63, 3.8) is 0 Å². The molecule has 0 fully saturated rings. The maximum Gasteiger partial charge on any atom is 0.0673 e. The summed E-state index contributed by atoms with van der Waals surface area (Å²) in [6, 6.07) is 8.20. The Kier molecular flexibility index (Phi) is 3.32. The number of hydrogen-bond donors (Lipinski definition) is 1. The molecule has 0 amide bonds. The maximum atomic E-state index is 4.13. The van der Waals surface area contributed by atoms with Crippen LogP contribution in [0.2, 0.25) is 0 Å². The van der Waals surface area contributed by atoms with Gasteiger partial charge >= 0.3 is 0 Å². The minimum absolute atomic E-state index is 0.805. The van der Waals surface area contributed by atoms with Crippen LogP contribution in [0.25, 0.3) is 0 Å². The Balaban J connectivity index is 1.78. The van der Waals surface area contributed by atoms with Crippen LogP contribution < -0.4 is 5.43 Å². The van der Waals surface area contributed by atoms with Gasteiger partial charge in [0.1, 0.15) is 0 Å². The van der Waals surface area contributed by atoms with Crippen molar-refractivity contribution >= 4 is 28.9 Å². The first-order valence-electron chi connectivity index (χ1n) is 4.27. The number of rotatable bonds is 4. The molecule has 0 aliphatic rings. The van der Waals surface area contributed by atoms with Crippen molar-refractivity contribution in [2.75, 3.05) is 0 Å². The van der Waals surface area contributed by atoms with Gasteiger partial charge in [-0.05, 0) is 22.9 Å². The van der Waals surface area contributed by atoms with Gasteiger partial charge in [0.05, 0.1) is 12.8 Å². The molecule has 2 aromatic rings. The summed E-state index contributed by atoms with van der Waals surface area (Å²) >= 11 is 3.42. The summed E-state index contributed by atoms with van der Waals surface area (Å²) in [6.07, 6.45) is 1.85. The van der Waals surface area contributed by atoms with E-state index in [1.54, 1.807) is 22.7 Å². The maximum absolute atomic E-state index is 4.13. The SMILES string of the molecule is C(=N\NCc1cccs1)/c1cccs1. The lowest BCUT2D eigenvalue weighted by molar-refractivity contribution is 0.758. The van der Waals surface area contributed by atoms with E-state index in [-0.39, 0.29) is 0 Å². The predicted octanol–water partition coefficient (Wildman–Crippen LogP) is 2.93. The van der Waals surface area contributed by atoms with E-state index in [0.29, 0.717) is 0 Å². The quantitative estimate of drug-likeness (QED) is 0.624. The first kappa shape index (κ1) is 9.43. The molecule has 0 unspecified atom stereocenters. The van der Waals surface area contributed by atoms with E-state index in [2.05, 4.69) is 22.0 Å². The molecule has 0 bridgehead atoms. The second-order valence-electron chi connectivity index (χ2n) is 2.69. The molecule has 2 aromatic heterocycles. The fourth-order valence-corrected chi connectivity index (χ4v) is 2.23. The Bertz CT molecular complexity index is 376. The summed E-state index contributed by atoms with van der Waals surface area (Å²) in [5.41, 5.74) is 3.01. The van der Waals surface area contributed by atoms with Crippen LogP contribution in [0.3, 0.4) is 0 Å². The molecule has 4 heteroatoms. The van der Waals surface area contributed by atoms with Crippen molar-refractivity contribution < 1.29 is 0 Å². The fraction of sp³-hybridized carbons (Fsp3) is 0.100. The molecule has 14 heavy (non-hydrogen) atoms. The van der Waals surface area contributed by atoms with Gasteiger partial charge in [-0.25, -0.2) is 0 Å². The van der Waals surface area contributed by atoms with Crippen LogP contribution in [-0.2, 0) is 6.54 Å². The molecule has 0 saturated carbocycles. The first-order valence-corrected chi connectivity index (χ1v) is 6.03. The molecule has 0 radical (unpaired) electrons. The third-order valence-electron chi connectivity index (χ3n) is 1.66. The van der Waals surface area contributed by atoms with Crippen LogP contribution in [0.1, 0.15) is 9.75 Å². The second kappa shape index (κ2) is 4.93. The summed E-state index contributed by atoms with van der Waals surface area (Å²) in [6.45, 7) is 0.805. The lowest BCUT2D eigenvalue weighted by Crippen LogP contribution is -2.03. The zero-order chi connectivity index (χ0) is 9.64. The molecule has 0 spiro atoms. The van der Waals surface area contributed by atoms with Gasteiger partial charge in [0.15, 0.2) is 0 Å². The Morgan fingerprint density at radius 1 is 1.21 bits per heavy atom. The highest BCUT2D eigenvalue weighted by molar-refractivity contribution is 7.11. The average molecular weight is 222 g/mol. The van der Waals surface area contributed by atoms with E-state index >= 15 is 0 Å². The van der Waals surface area contributed by atoms with E-state index in [4.69, 9.17) is 0 Å². The highest BCUT2D eigenvalue weighted by Crippen LogP contribution is 2.07. The standard InChI is InChI=1S/C10H10N2S2/c1-3-9(13-5-1)7-11-12-8-10-4-2-6-14-10/h1-7,12H,8H2/b11-7+. The van der Waals surface area contributed by atoms with Crippen LogP contribution in [-0.4, -0.2) is 6.21 Å². The zero-order valence-corrected chi connectivity index (χ0v) is 9.15. The summed E-state index contributed by atoms with van der Waals surface area (Å²) in [4.78, 5) is 2.47. The largest absolute Gasteiger partial charge is 0.305 e. The number of hydrogen-bond acceptors (Lipinski definition) is 4. The molecule has 2 nitrogen and oxygen atoms in total. The van der Waals surface area contributed by atoms with Gasteiger partial charge in [0, 0.05) is 9.75 Å². The Labute approximate surface area is 90.9 Å². The van der Waals surface area contributed by atoms with Crippen LogP contribution in [0.4, 0.5) is 0 Å². The zero-order valence-electron chi connectivity index (χ0n) is 7.51. The van der Waals surface area contributed by atoms with Gasteiger partial charge in [-0.3, -0.25) is 0 Å². The number of hydrazone groups is 1. The Hall–Kier alpha value is -1.13. The second-order valence-corrected chi connectivity index (χ2v) is 4.70. The number of thiophene rings is 2. The van der Waals surface area contributed by atoms with Crippen molar-refractivity contribution in [3.05, 3.63) is 44.8 Å². The number of nitrogens with zero attached hydrogens (tertiary/aromatic N) is 1. The van der Waals surface area contributed by atoms with Crippen LogP contribution >= 0.6 is 22.7 Å². The van der Waals surface area contributed by atoms with Crippen LogP contribution in [0, 0.1) is 0 Å². The van der Waals surface area contributed by atoms with E-state index in [9.17, 15) is 0 Å². The van der Waals surface area contributed by atoms with Gasteiger partial charge in [-0.1, -0.05) is 12.1 Å². The minimum Gasteiger partial charge on any atom is -0.305 e. The fourth-order valence-electron chi connectivity index (χ4n) is 1.01. The number of nitrogens with one attached hydrogen (secondary N) is 1. The van der Waals surface area contributed by atoms with Crippen molar-refractivity contribution in [1.29, 1.82) is 0 Å². The lowest BCUT2D eigenvalue weighted by Gasteiger charge is -1.94. The van der Waals surface area contributed by atoms with E-state index in [1.165, 1.54) is 9.75 Å². The smallest absolute Gasteiger partial charge is 0.0673 e. The molecule has 2 rings (SSSR count). The van der Waals surface area contributed by atoms with Crippen molar-refractivity contribution in [1.82, 2.24) is 5.43 Å². The molecule has 1 N–H and O–H groups in total. The lowest BCUT2D eigenvalue weighted by atomic mass is 10.5. The molecule has 0 atom stereocenters. The van der Waals surface area contributed by atoms with Crippen molar-refractivity contribution in [2.24, 2.45) is 5.10 Å². The minimum atomic E-state index is 0.805. The predicted molar refractivity (Wildman–Crippen MR) is 63.1 cm³/mol. The highest BCUT2D eigenvalue weighted by Gasteiger charge is 1.90. The average Bonchev–Trinajstić information content (AvgIpc) is 2.86. The van der Waals surface area contributed by atoms with Crippen molar-refractivity contribution in [2.45, 2.75) is 6.54 Å². The molecular weight excluding hydrogens is 212 g/mol. The van der Waals surface area contributed by atoms with E-state index < -0.39 is 0 Å². The molecular formula is C10H10N2S2. The monoisotopic (exact) mass is 222 g/mol. The molecule has 2 heterocycles.